The highest BCUT2D eigenvalue weighted by Crippen LogP contribution is 2.39. The van der Waals surface area contributed by atoms with Crippen LogP contribution in [0.1, 0.15) is 46.5 Å². The summed E-state index contributed by atoms with van der Waals surface area (Å²) in [4.78, 5) is 34.9. The van der Waals surface area contributed by atoms with Crippen molar-refractivity contribution in [3.05, 3.63) is 11.1 Å². The average Bonchev–Trinajstić information content (AvgIpc) is 2.79. The molecular formula is C15H20O4. The van der Waals surface area contributed by atoms with Gasteiger partial charge in [-0.15, -0.1) is 0 Å². The summed E-state index contributed by atoms with van der Waals surface area (Å²) in [5.41, 5.74) is 1.72. The molecule has 0 spiro atoms. The van der Waals surface area contributed by atoms with E-state index >= 15 is 0 Å². The summed E-state index contributed by atoms with van der Waals surface area (Å²) < 4.78 is 5.41. The van der Waals surface area contributed by atoms with Crippen LogP contribution in [0.25, 0.3) is 0 Å². The van der Waals surface area contributed by atoms with E-state index in [0.717, 1.165) is 12.0 Å². The maximum atomic E-state index is 12.0. The number of ether oxygens (including phenoxy) is 1. The van der Waals surface area contributed by atoms with E-state index in [9.17, 15) is 14.4 Å². The van der Waals surface area contributed by atoms with E-state index in [1.165, 1.54) is 0 Å². The van der Waals surface area contributed by atoms with Crippen LogP contribution in [0.5, 0.6) is 0 Å². The number of hydrogen-bond donors (Lipinski definition) is 0. The molecule has 1 aliphatic heterocycles. The molecule has 3 atom stereocenters. The van der Waals surface area contributed by atoms with Gasteiger partial charge in [-0.1, -0.05) is 12.5 Å². The second-order valence-corrected chi connectivity index (χ2v) is 5.67. The van der Waals surface area contributed by atoms with Gasteiger partial charge in [-0.3, -0.25) is 9.59 Å². The average molecular weight is 264 g/mol. The number of allylic oxidation sites excluding steroid dienone is 1. The van der Waals surface area contributed by atoms with E-state index in [0.29, 0.717) is 24.8 Å². The minimum atomic E-state index is -0.433. The maximum Gasteiger partial charge on any atom is 0.309 e. The quantitative estimate of drug-likeness (QED) is 0.730. The molecule has 104 valence electrons. The second kappa shape index (κ2) is 5.27. The minimum absolute atomic E-state index is 0.0524. The van der Waals surface area contributed by atoms with Crippen LogP contribution in [0.2, 0.25) is 0 Å². The van der Waals surface area contributed by atoms with Gasteiger partial charge >= 0.3 is 5.97 Å². The Morgan fingerprint density at radius 2 is 2.00 bits per heavy atom. The van der Waals surface area contributed by atoms with Gasteiger partial charge in [0, 0.05) is 24.3 Å². The van der Waals surface area contributed by atoms with E-state index in [4.69, 9.17) is 4.74 Å². The van der Waals surface area contributed by atoms with Crippen molar-refractivity contribution >= 4 is 17.5 Å². The number of rotatable bonds is 4. The molecule has 1 heterocycles. The first-order chi connectivity index (χ1) is 8.91. The van der Waals surface area contributed by atoms with Crippen molar-refractivity contribution in [1.82, 2.24) is 0 Å². The summed E-state index contributed by atoms with van der Waals surface area (Å²) >= 11 is 0. The van der Waals surface area contributed by atoms with Crippen LogP contribution in [-0.2, 0) is 19.1 Å². The lowest BCUT2D eigenvalue weighted by Gasteiger charge is -2.20. The summed E-state index contributed by atoms with van der Waals surface area (Å²) in [6.45, 7) is 5.30. The molecule has 4 heteroatoms. The summed E-state index contributed by atoms with van der Waals surface area (Å²) in [6, 6.07) is 0. The molecule has 0 saturated carbocycles. The lowest BCUT2D eigenvalue weighted by Crippen LogP contribution is -2.25. The van der Waals surface area contributed by atoms with Gasteiger partial charge in [-0.05, 0) is 26.7 Å². The lowest BCUT2D eigenvalue weighted by atomic mass is 9.83. The Kier molecular flexibility index (Phi) is 3.88. The Morgan fingerprint density at radius 1 is 1.32 bits per heavy atom. The molecule has 0 aromatic carbocycles. The van der Waals surface area contributed by atoms with Gasteiger partial charge in [0.15, 0.2) is 5.78 Å². The molecule has 0 unspecified atom stereocenters. The van der Waals surface area contributed by atoms with Gasteiger partial charge in [0.2, 0.25) is 0 Å². The Labute approximate surface area is 113 Å². The molecular weight excluding hydrogens is 244 g/mol. The van der Waals surface area contributed by atoms with E-state index in [-0.39, 0.29) is 29.4 Å². The second-order valence-electron chi connectivity index (χ2n) is 5.67. The zero-order chi connectivity index (χ0) is 14.2. The lowest BCUT2D eigenvalue weighted by molar-refractivity contribution is -0.143. The normalized spacial score (nSPS) is 31.0. The maximum absolute atomic E-state index is 12.0. The van der Waals surface area contributed by atoms with Crippen LogP contribution in [-0.4, -0.2) is 23.6 Å². The zero-order valence-corrected chi connectivity index (χ0v) is 11.7. The first-order valence-electron chi connectivity index (χ1n) is 6.84. The molecule has 0 amide bonds. The van der Waals surface area contributed by atoms with Gasteiger partial charge in [-0.2, -0.15) is 0 Å². The van der Waals surface area contributed by atoms with E-state index in [1.54, 1.807) is 6.92 Å². The molecule has 2 rings (SSSR count). The molecule has 2 aliphatic rings. The van der Waals surface area contributed by atoms with Crippen LogP contribution in [0, 0.1) is 11.8 Å². The first-order valence-corrected chi connectivity index (χ1v) is 6.84. The first kappa shape index (κ1) is 14.0. The number of cyclic esters (lactones) is 1. The van der Waals surface area contributed by atoms with Crippen LogP contribution in [0.3, 0.4) is 0 Å². The summed E-state index contributed by atoms with van der Waals surface area (Å²) in [6.07, 6.45) is 1.88. The van der Waals surface area contributed by atoms with Crippen molar-refractivity contribution in [2.45, 2.75) is 52.6 Å². The Hall–Kier alpha value is -1.45. The SMILES string of the molecule is CC(=O)CC[C@H]1[C@H](C)C(=O)O[C@@H]1C1=C(C)CCC1=O. The monoisotopic (exact) mass is 264 g/mol. The van der Waals surface area contributed by atoms with Crippen molar-refractivity contribution in [3.8, 4) is 0 Å². The fourth-order valence-electron chi connectivity index (χ4n) is 3.01. The summed E-state index contributed by atoms with van der Waals surface area (Å²) in [5, 5.41) is 0. The number of carbonyl (C=O) groups excluding carboxylic acids is 3. The number of carbonyl (C=O) groups is 3. The van der Waals surface area contributed by atoms with Gasteiger partial charge in [0.05, 0.1) is 5.92 Å². The summed E-state index contributed by atoms with van der Waals surface area (Å²) in [5.74, 6) is -0.342. The number of esters is 1. The van der Waals surface area contributed by atoms with E-state index in [1.807, 2.05) is 13.8 Å². The number of hydrogen-bond acceptors (Lipinski definition) is 4. The third-order valence-corrected chi connectivity index (χ3v) is 4.25. The zero-order valence-electron chi connectivity index (χ0n) is 11.7. The van der Waals surface area contributed by atoms with Gasteiger partial charge in [-0.25, -0.2) is 0 Å². The molecule has 4 nitrogen and oxygen atoms in total. The highest BCUT2D eigenvalue weighted by Gasteiger charge is 2.46. The Bertz CT molecular complexity index is 461. The Balaban J connectivity index is 2.22. The molecule has 19 heavy (non-hydrogen) atoms. The standard InChI is InChI=1S/C15H20O4/c1-8-4-7-12(17)13(8)14-11(6-5-9(2)16)10(3)15(18)19-14/h10-11,14H,4-7H2,1-3H3/t10-,11-,14-/m0/s1. The molecule has 0 bridgehead atoms. The van der Waals surface area contributed by atoms with Gasteiger partial charge in [0.25, 0.3) is 0 Å². The minimum Gasteiger partial charge on any atom is -0.457 e. The largest absolute Gasteiger partial charge is 0.457 e. The van der Waals surface area contributed by atoms with Crippen LogP contribution in [0.15, 0.2) is 11.1 Å². The van der Waals surface area contributed by atoms with Gasteiger partial charge in [0.1, 0.15) is 11.9 Å². The van der Waals surface area contributed by atoms with Gasteiger partial charge < -0.3 is 9.53 Å². The molecule has 0 aromatic rings. The molecule has 1 fully saturated rings. The predicted molar refractivity (Wildman–Crippen MR) is 69.4 cm³/mol. The summed E-state index contributed by atoms with van der Waals surface area (Å²) in [7, 11) is 0. The molecule has 1 aliphatic carbocycles. The van der Waals surface area contributed by atoms with Crippen LogP contribution < -0.4 is 0 Å². The van der Waals surface area contributed by atoms with Crippen molar-refractivity contribution in [2.75, 3.05) is 0 Å². The molecule has 1 saturated heterocycles. The number of ketones is 2. The van der Waals surface area contributed by atoms with Crippen molar-refractivity contribution < 1.29 is 19.1 Å². The number of Topliss-reactive ketones (excluding diaryl/α,β-unsaturated/α-hetero) is 2. The third kappa shape index (κ3) is 2.62. The smallest absolute Gasteiger partial charge is 0.309 e. The fourth-order valence-corrected chi connectivity index (χ4v) is 3.01. The van der Waals surface area contributed by atoms with E-state index in [2.05, 4.69) is 0 Å². The molecule has 0 aromatic heterocycles. The van der Waals surface area contributed by atoms with Crippen LogP contribution in [0.4, 0.5) is 0 Å². The highest BCUT2D eigenvalue weighted by atomic mass is 16.6. The van der Waals surface area contributed by atoms with Crippen molar-refractivity contribution in [2.24, 2.45) is 11.8 Å². The fraction of sp³-hybridized carbons (Fsp3) is 0.667. The van der Waals surface area contributed by atoms with Crippen molar-refractivity contribution in [3.63, 3.8) is 0 Å². The predicted octanol–water partition coefficient (Wildman–Crippen LogP) is 2.21. The molecule has 0 N–H and O–H groups in total. The van der Waals surface area contributed by atoms with Crippen LogP contribution >= 0.6 is 0 Å². The van der Waals surface area contributed by atoms with Crippen molar-refractivity contribution in [1.29, 1.82) is 0 Å². The highest BCUT2D eigenvalue weighted by molar-refractivity contribution is 6.00. The van der Waals surface area contributed by atoms with E-state index < -0.39 is 6.10 Å². The third-order valence-electron chi connectivity index (χ3n) is 4.25. The topological polar surface area (TPSA) is 60.4 Å². The molecule has 0 radical (unpaired) electrons. The Morgan fingerprint density at radius 3 is 2.53 bits per heavy atom.